The molecule has 1 rings (SSSR count). The number of nitrogens with two attached hydrogens (primary N) is 1. The monoisotopic (exact) mass is 202 g/mol. The Bertz CT molecular complexity index is 218. The first-order chi connectivity index (χ1) is 5.83. The number of benzene rings is 1. The largest absolute Gasteiger partial charge is 0.489 e. The Morgan fingerprint density at radius 1 is 1.38 bits per heavy atom. The molecule has 0 aliphatic carbocycles. The first-order valence-corrected chi connectivity index (χ1v) is 3.98. The molecule has 0 bridgehead atoms. The van der Waals surface area contributed by atoms with Gasteiger partial charge in [-0.3, -0.25) is 11.3 Å². The van der Waals surface area contributed by atoms with Crippen molar-refractivity contribution < 1.29 is 4.74 Å². The van der Waals surface area contributed by atoms with E-state index >= 15 is 0 Å². The average molecular weight is 203 g/mol. The van der Waals surface area contributed by atoms with Crippen molar-refractivity contribution in [3.63, 3.8) is 0 Å². The zero-order chi connectivity index (χ0) is 8.81. The third kappa shape index (κ3) is 4.72. The van der Waals surface area contributed by atoms with Crippen LogP contribution in [-0.4, -0.2) is 12.6 Å². The Balaban J connectivity index is 0.00000144. The lowest BCUT2D eigenvalue weighted by atomic mass is 10.3. The number of nitrogens with one attached hydrogen (secondary N) is 1. The molecule has 1 unspecified atom stereocenters. The van der Waals surface area contributed by atoms with Gasteiger partial charge in [0.25, 0.3) is 0 Å². The predicted molar refractivity (Wildman–Crippen MR) is 56.0 cm³/mol. The second-order valence-corrected chi connectivity index (χ2v) is 2.65. The summed E-state index contributed by atoms with van der Waals surface area (Å²) in [5, 5.41) is 0. The van der Waals surface area contributed by atoms with Crippen LogP contribution in [0.2, 0.25) is 0 Å². The highest BCUT2D eigenvalue weighted by Gasteiger charge is 2.00. The average Bonchev–Trinajstić information content (AvgIpc) is 2.06. The van der Waals surface area contributed by atoms with Crippen LogP contribution < -0.4 is 16.0 Å². The maximum atomic E-state index is 5.51. The molecule has 1 atom stereocenters. The summed E-state index contributed by atoms with van der Waals surface area (Å²) in [5.41, 5.74) is 2.56. The fraction of sp³-hybridized carbons (Fsp3) is 0.333. The Morgan fingerprint density at radius 3 is 2.54 bits per heavy atom. The van der Waals surface area contributed by atoms with E-state index in [0.717, 1.165) is 5.75 Å². The van der Waals surface area contributed by atoms with Gasteiger partial charge in [-0.15, -0.1) is 12.4 Å². The Kier molecular flexibility index (Phi) is 6.32. The van der Waals surface area contributed by atoms with Crippen molar-refractivity contribution in [2.45, 2.75) is 13.0 Å². The second-order valence-electron chi connectivity index (χ2n) is 2.65. The Labute approximate surface area is 84.7 Å². The van der Waals surface area contributed by atoms with Gasteiger partial charge in [0.15, 0.2) is 0 Å². The van der Waals surface area contributed by atoms with Crippen LogP contribution in [0.5, 0.6) is 5.75 Å². The number of para-hydroxylation sites is 1. The summed E-state index contributed by atoms with van der Waals surface area (Å²) in [5.74, 6) is 6.03. The van der Waals surface area contributed by atoms with Gasteiger partial charge in [0.05, 0.1) is 0 Å². The van der Waals surface area contributed by atoms with E-state index in [1.807, 2.05) is 37.3 Å². The quantitative estimate of drug-likeness (QED) is 0.572. The molecule has 0 aliphatic rings. The first-order valence-electron chi connectivity index (χ1n) is 3.98. The lowest BCUT2D eigenvalue weighted by Crippen LogP contribution is -2.33. The third-order valence-electron chi connectivity index (χ3n) is 1.49. The molecule has 1 aromatic carbocycles. The van der Waals surface area contributed by atoms with Crippen LogP contribution >= 0.6 is 12.4 Å². The van der Waals surface area contributed by atoms with Gasteiger partial charge < -0.3 is 4.74 Å². The van der Waals surface area contributed by atoms with Crippen LogP contribution in [0.4, 0.5) is 0 Å². The number of rotatable bonds is 4. The molecular formula is C9H15ClN2O. The summed E-state index contributed by atoms with van der Waals surface area (Å²) in [6.45, 7) is 2.61. The third-order valence-corrected chi connectivity index (χ3v) is 1.49. The van der Waals surface area contributed by atoms with Gasteiger partial charge in [0, 0.05) is 6.54 Å². The number of halogens is 1. The summed E-state index contributed by atoms with van der Waals surface area (Å²) >= 11 is 0. The summed E-state index contributed by atoms with van der Waals surface area (Å²) in [4.78, 5) is 0. The minimum Gasteiger partial charge on any atom is -0.489 e. The van der Waals surface area contributed by atoms with Gasteiger partial charge in [0.1, 0.15) is 11.9 Å². The highest BCUT2D eigenvalue weighted by molar-refractivity contribution is 5.85. The molecule has 0 amide bonds. The molecule has 0 heterocycles. The summed E-state index contributed by atoms with van der Waals surface area (Å²) in [7, 11) is 0. The molecule has 0 aliphatic heterocycles. The minimum absolute atomic E-state index is 0. The normalized spacial score (nSPS) is 11.5. The maximum Gasteiger partial charge on any atom is 0.119 e. The lowest BCUT2D eigenvalue weighted by molar-refractivity contribution is 0.218. The number of ether oxygens (including phenoxy) is 1. The van der Waals surface area contributed by atoms with Gasteiger partial charge in [-0.1, -0.05) is 18.2 Å². The second kappa shape index (κ2) is 6.71. The van der Waals surface area contributed by atoms with Crippen LogP contribution in [0.1, 0.15) is 6.92 Å². The van der Waals surface area contributed by atoms with Crippen molar-refractivity contribution in [1.29, 1.82) is 0 Å². The van der Waals surface area contributed by atoms with Gasteiger partial charge in [-0.2, -0.15) is 0 Å². The predicted octanol–water partition coefficient (Wildman–Crippen LogP) is 1.34. The minimum atomic E-state index is 0. The molecule has 3 N–H and O–H groups in total. The fourth-order valence-electron chi connectivity index (χ4n) is 0.939. The van der Waals surface area contributed by atoms with E-state index in [0.29, 0.717) is 6.54 Å². The van der Waals surface area contributed by atoms with E-state index in [1.165, 1.54) is 0 Å². The summed E-state index contributed by atoms with van der Waals surface area (Å²) < 4.78 is 5.51. The zero-order valence-corrected chi connectivity index (χ0v) is 8.38. The topological polar surface area (TPSA) is 47.3 Å². The van der Waals surface area contributed by atoms with Gasteiger partial charge in [0.2, 0.25) is 0 Å². The van der Waals surface area contributed by atoms with E-state index < -0.39 is 0 Å². The van der Waals surface area contributed by atoms with Crippen molar-refractivity contribution in [2.75, 3.05) is 6.54 Å². The molecule has 0 saturated carbocycles. The van der Waals surface area contributed by atoms with Crippen molar-refractivity contribution in [3.8, 4) is 5.75 Å². The molecule has 0 aromatic heterocycles. The highest BCUT2D eigenvalue weighted by atomic mass is 35.5. The molecule has 0 fully saturated rings. The Hall–Kier alpha value is -0.770. The molecule has 4 heteroatoms. The van der Waals surface area contributed by atoms with Crippen LogP contribution in [0.25, 0.3) is 0 Å². The number of hydrogen-bond donors (Lipinski definition) is 2. The van der Waals surface area contributed by atoms with Gasteiger partial charge in [-0.25, -0.2) is 0 Å². The molecule has 0 spiro atoms. The van der Waals surface area contributed by atoms with E-state index in [-0.39, 0.29) is 18.5 Å². The molecular weight excluding hydrogens is 188 g/mol. The fourth-order valence-corrected chi connectivity index (χ4v) is 0.939. The van der Waals surface area contributed by atoms with E-state index in [1.54, 1.807) is 0 Å². The van der Waals surface area contributed by atoms with Crippen LogP contribution in [0.15, 0.2) is 30.3 Å². The van der Waals surface area contributed by atoms with Crippen LogP contribution in [0, 0.1) is 0 Å². The SMILES string of the molecule is CC(CNN)Oc1ccccc1.Cl. The molecule has 13 heavy (non-hydrogen) atoms. The van der Waals surface area contributed by atoms with Crippen molar-refractivity contribution in [1.82, 2.24) is 5.43 Å². The standard InChI is InChI=1S/C9H14N2O.ClH/c1-8(7-11-10)12-9-5-3-2-4-6-9;/h2-6,8,11H,7,10H2,1H3;1H. The van der Waals surface area contributed by atoms with Gasteiger partial charge >= 0.3 is 0 Å². The molecule has 3 nitrogen and oxygen atoms in total. The molecule has 0 saturated heterocycles. The van der Waals surface area contributed by atoms with E-state index in [2.05, 4.69) is 5.43 Å². The zero-order valence-electron chi connectivity index (χ0n) is 7.57. The lowest BCUT2D eigenvalue weighted by Gasteiger charge is -2.13. The molecule has 74 valence electrons. The summed E-state index contributed by atoms with van der Waals surface area (Å²) in [6, 6.07) is 9.69. The number of hydrogen-bond acceptors (Lipinski definition) is 3. The smallest absolute Gasteiger partial charge is 0.119 e. The first kappa shape index (κ1) is 12.2. The molecule has 1 aromatic rings. The van der Waals surface area contributed by atoms with Crippen molar-refractivity contribution in [2.24, 2.45) is 5.84 Å². The summed E-state index contributed by atoms with van der Waals surface area (Å²) in [6.07, 6.45) is 0.0948. The molecule has 0 radical (unpaired) electrons. The maximum absolute atomic E-state index is 5.51. The van der Waals surface area contributed by atoms with Crippen LogP contribution in [0.3, 0.4) is 0 Å². The van der Waals surface area contributed by atoms with E-state index in [4.69, 9.17) is 10.6 Å². The van der Waals surface area contributed by atoms with Crippen LogP contribution in [-0.2, 0) is 0 Å². The number of hydrazine groups is 1. The highest BCUT2D eigenvalue weighted by Crippen LogP contribution is 2.09. The Morgan fingerprint density at radius 2 is 2.00 bits per heavy atom. The van der Waals surface area contributed by atoms with Crippen molar-refractivity contribution in [3.05, 3.63) is 30.3 Å². The van der Waals surface area contributed by atoms with E-state index in [9.17, 15) is 0 Å². The van der Waals surface area contributed by atoms with Crippen molar-refractivity contribution >= 4 is 12.4 Å². The van der Waals surface area contributed by atoms with Gasteiger partial charge in [-0.05, 0) is 19.1 Å².